The van der Waals surface area contributed by atoms with Crippen molar-refractivity contribution in [1.82, 2.24) is 9.55 Å². The fourth-order valence-electron chi connectivity index (χ4n) is 3.26. The number of fused-ring (bicyclic) bond motifs is 1. The second kappa shape index (κ2) is 6.60. The first kappa shape index (κ1) is 16.4. The number of esters is 1. The first-order valence-electron chi connectivity index (χ1n) is 7.84. The van der Waals surface area contributed by atoms with Crippen LogP contribution in [0, 0.1) is 4.77 Å². The van der Waals surface area contributed by atoms with Crippen molar-refractivity contribution < 1.29 is 19.4 Å². The van der Waals surface area contributed by atoms with Gasteiger partial charge < -0.3 is 19.4 Å². The molecule has 0 aliphatic heterocycles. The summed E-state index contributed by atoms with van der Waals surface area (Å²) in [5.74, 6) is -1.89. The van der Waals surface area contributed by atoms with Crippen LogP contribution < -0.4 is 0 Å². The molecule has 126 valence electrons. The number of carboxylic acids is 1. The van der Waals surface area contributed by atoms with Crippen molar-refractivity contribution in [3.8, 4) is 0 Å². The van der Waals surface area contributed by atoms with E-state index in [0.717, 1.165) is 12.8 Å². The quantitative estimate of drug-likeness (QED) is 0.656. The number of hydrogen-bond donors (Lipinski definition) is 2. The van der Waals surface area contributed by atoms with Gasteiger partial charge in [-0.1, -0.05) is 24.3 Å². The third-order valence-corrected chi connectivity index (χ3v) is 4.60. The van der Waals surface area contributed by atoms with E-state index >= 15 is 0 Å². The Balaban J connectivity index is 2.04. The van der Waals surface area contributed by atoms with Crippen molar-refractivity contribution in [3.05, 3.63) is 51.6 Å². The van der Waals surface area contributed by atoms with Crippen molar-refractivity contribution in [2.75, 3.05) is 6.61 Å². The Labute approximate surface area is 144 Å². The maximum atomic E-state index is 12.0. The Bertz CT molecular complexity index is 853. The van der Waals surface area contributed by atoms with Gasteiger partial charge in [0.1, 0.15) is 0 Å². The van der Waals surface area contributed by atoms with E-state index in [1.165, 1.54) is 11.1 Å². The zero-order chi connectivity index (χ0) is 17.3. The third kappa shape index (κ3) is 2.87. The molecular weight excluding hydrogens is 328 g/mol. The number of rotatable bonds is 4. The fraction of sp³-hybridized carbons (Fsp3) is 0.353. The van der Waals surface area contributed by atoms with Crippen LogP contribution in [-0.2, 0) is 17.6 Å². The standard InChI is InChI=1S/C17H18N2O4S/c1-2-23-16(22)13-14(15(20)21)19(17(24)18-13)12-8-7-10-5-3-4-6-11(10)9-12/h3-6,12H,2,7-9H2,1H3,(H,18,24)(H,20,21). The SMILES string of the molecule is CCOC(=O)c1[nH]c(=S)n(C2CCc3ccccc3C2)c1C(=O)O. The zero-order valence-corrected chi connectivity index (χ0v) is 14.1. The maximum absolute atomic E-state index is 12.0. The van der Waals surface area contributed by atoms with Crippen LogP contribution in [0.15, 0.2) is 24.3 Å². The number of hydrogen-bond acceptors (Lipinski definition) is 4. The summed E-state index contributed by atoms with van der Waals surface area (Å²) in [4.78, 5) is 26.5. The maximum Gasteiger partial charge on any atom is 0.357 e. The van der Waals surface area contributed by atoms with Crippen LogP contribution in [-0.4, -0.2) is 33.2 Å². The second-order valence-corrected chi connectivity index (χ2v) is 6.10. The van der Waals surface area contributed by atoms with Gasteiger partial charge in [-0.3, -0.25) is 0 Å². The van der Waals surface area contributed by atoms with E-state index in [1.54, 1.807) is 11.5 Å². The predicted octanol–water partition coefficient (Wildman–Crippen LogP) is 3.15. The Morgan fingerprint density at radius 2 is 2.08 bits per heavy atom. The van der Waals surface area contributed by atoms with Gasteiger partial charge in [0.25, 0.3) is 0 Å². The average Bonchev–Trinajstić information content (AvgIpc) is 2.92. The number of H-pyrrole nitrogens is 1. The summed E-state index contributed by atoms with van der Waals surface area (Å²) < 4.78 is 6.73. The molecule has 6 nitrogen and oxygen atoms in total. The monoisotopic (exact) mass is 346 g/mol. The molecule has 1 atom stereocenters. The molecule has 1 aromatic carbocycles. The number of carboxylic acid groups (broad SMARTS) is 1. The number of carbonyl (C=O) groups is 2. The molecule has 0 amide bonds. The highest BCUT2D eigenvalue weighted by atomic mass is 32.1. The summed E-state index contributed by atoms with van der Waals surface area (Å²) in [6.45, 7) is 1.84. The number of aromatic carboxylic acids is 1. The number of benzene rings is 1. The van der Waals surface area contributed by atoms with E-state index in [2.05, 4.69) is 11.1 Å². The number of nitrogens with one attached hydrogen (secondary N) is 1. The minimum Gasteiger partial charge on any atom is -0.476 e. The lowest BCUT2D eigenvalue weighted by Gasteiger charge is -2.26. The summed E-state index contributed by atoms with van der Waals surface area (Å²) in [6.07, 6.45) is 2.30. The summed E-state index contributed by atoms with van der Waals surface area (Å²) in [6, 6.07) is 8.01. The predicted molar refractivity (Wildman–Crippen MR) is 90.0 cm³/mol. The fourth-order valence-corrected chi connectivity index (χ4v) is 3.60. The van der Waals surface area contributed by atoms with Gasteiger partial charge in [0, 0.05) is 6.04 Å². The molecule has 0 fully saturated rings. The van der Waals surface area contributed by atoms with Gasteiger partial charge in [-0.2, -0.15) is 0 Å². The minimum atomic E-state index is -1.19. The lowest BCUT2D eigenvalue weighted by Crippen LogP contribution is -2.23. The number of aryl methyl sites for hydroxylation is 1. The van der Waals surface area contributed by atoms with E-state index in [0.29, 0.717) is 6.42 Å². The molecule has 2 N–H and O–H groups in total. The molecule has 1 unspecified atom stereocenters. The molecule has 1 aromatic heterocycles. The largest absolute Gasteiger partial charge is 0.476 e. The molecule has 0 saturated carbocycles. The summed E-state index contributed by atoms with van der Waals surface area (Å²) in [5, 5.41) is 9.61. The second-order valence-electron chi connectivity index (χ2n) is 5.71. The lowest BCUT2D eigenvalue weighted by atomic mass is 9.88. The van der Waals surface area contributed by atoms with E-state index in [-0.39, 0.29) is 28.8 Å². The molecule has 7 heteroatoms. The normalized spacial score (nSPS) is 16.5. The molecule has 2 aromatic rings. The van der Waals surface area contributed by atoms with E-state index < -0.39 is 11.9 Å². The molecule has 24 heavy (non-hydrogen) atoms. The summed E-state index contributed by atoms with van der Waals surface area (Å²) in [7, 11) is 0. The molecule has 0 bridgehead atoms. The Hall–Kier alpha value is -2.41. The van der Waals surface area contributed by atoms with E-state index in [4.69, 9.17) is 17.0 Å². The Kier molecular flexibility index (Phi) is 4.53. The molecule has 3 rings (SSSR count). The highest BCUT2D eigenvalue weighted by molar-refractivity contribution is 7.71. The first-order valence-corrected chi connectivity index (χ1v) is 8.25. The molecule has 0 spiro atoms. The van der Waals surface area contributed by atoms with Gasteiger partial charge in [-0.05, 0) is 49.5 Å². The number of imidazole rings is 1. The minimum absolute atomic E-state index is 0.0896. The van der Waals surface area contributed by atoms with Crippen LogP contribution in [0.1, 0.15) is 51.5 Å². The number of carbonyl (C=O) groups excluding carboxylic acids is 1. The van der Waals surface area contributed by atoms with Crippen LogP contribution in [0.25, 0.3) is 0 Å². The molecule has 1 aliphatic carbocycles. The van der Waals surface area contributed by atoms with Crippen molar-refractivity contribution in [3.63, 3.8) is 0 Å². The molecule has 1 aliphatic rings. The van der Waals surface area contributed by atoms with Gasteiger partial charge in [0.15, 0.2) is 16.2 Å². The highest BCUT2D eigenvalue weighted by Gasteiger charge is 2.30. The van der Waals surface area contributed by atoms with Crippen LogP contribution >= 0.6 is 12.2 Å². The highest BCUT2D eigenvalue weighted by Crippen LogP contribution is 2.31. The number of aromatic amines is 1. The van der Waals surface area contributed by atoms with Gasteiger partial charge in [0.05, 0.1) is 6.61 Å². The van der Waals surface area contributed by atoms with Crippen molar-refractivity contribution in [1.29, 1.82) is 0 Å². The van der Waals surface area contributed by atoms with Crippen LogP contribution in [0.4, 0.5) is 0 Å². The summed E-state index contributed by atoms with van der Waals surface area (Å²) >= 11 is 5.30. The number of aromatic nitrogens is 2. The van der Waals surface area contributed by atoms with Gasteiger partial charge in [-0.15, -0.1) is 0 Å². The summed E-state index contributed by atoms with van der Waals surface area (Å²) in [5.41, 5.74) is 2.25. The average molecular weight is 346 g/mol. The molecule has 0 saturated heterocycles. The van der Waals surface area contributed by atoms with Crippen molar-refractivity contribution in [2.45, 2.75) is 32.2 Å². The Morgan fingerprint density at radius 1 is 1.38 bits per heavy atom. The number of ether oxygens (including phenoxy) is 1. The van der Waals surface area contributed by atoms with E-state index in [1.807, 2.05) is 18.2 Å². The van der Waals surface area contributed by atoms with Crippen LogP contribution in [0.5, 0.6) is 0 Å². The number of nitrogens with zero attached hydrogens (tertiary/aromatic N) is 1. The topological polar surface area (TPSA) is 84.3 Å². The van der Waals surface area contributed by atoms with Crippen LogP contribution in [0.2, 0.25) is 0 Å². The smallest absolute Gasteiger partial charge is 0.357 e. The van der Waals surface area contributed by atoms with Gasteiger partial charge in [0.2, 0.25) is 0 Å². The lowest BCUT2D eigenvalue weighted by molar-refractivity contribution is 0.0506. The first-order chi connectivity index (χ1) is 11.5. The van der Waals surface area contributed by atoms with Gasteiger partial charge >= 0.3 is 11.9 Å². The van der Waals surface area contributed by atoms with Crippen molar-refractivity contribution >= 4 is 24.2 Å². The van der Waals surface area contributed by atoms with Crippen LogP contribution in [0.3, 0.4) is 0 Å². The zero-order valence-electron chi connectivity index (χ0n) is 13.2. The molecular formula is C17H18N2O4S. The third-order valence-electron chi connectivity index (χ3n) is 4.30. The van der Waals surface area contributed by atoms with Crippen molar-refractivity contribution in [2.24, 2.45) is 0 Å². The van der Waals surface area contributed by atoms with E-state index in [9.17, 15) is 14.7 Å². The molecule has 0 radical (unpaired) electrons. The molecule has 1 heterocycles. The van der Waals surface area contributed by atoms with Gasteiger partial charge in [-0.25, -0.2) is 9.59 Å². The Morgan fingerprint density at radius 3 is 2.75 bits per heavy atom.